The molecule has 0 amide bonds. The molecule has 0 N–H and O–H groups in total. The van der Waals surface area contributed by atoms with Crippen molar-refractivity contribution in [2.24, 2.45) is 5.92 Å². The first-order valence-corrected chi connectivity index (χ1v) is 6.69. The Hall–Kier alpha value is -0.160. The van der Waals surface area contributed by atoms with Gasteiger partial charge in [-0.1, -0.05) is 6.92 Å². The molecule has 1 saturated heterocycles. The van der Waals surface area contributed by atoms with Gasteiger partial charge in [-0.15, -0.1) is 0 Å². The molecular weight excluding hydrogens is 218 g/mol. The van der Waals surface area contributed by atoms with Gasteiger partial charge in [0.1, 0.15) is 0 Å². The topological polar surface area (TPSA) is 30.9 Å². The highest BCUT2D eigenvalue weighted by atomic mass is 16.7. The molecule has 1 heterocycles. The smallest absolute Gasteiger partial charge is 0.170 e. The number of hydrogen-bond donors (Lipinski definition) is 0. The number of piperidine rings is 1. The Balaban J connectivity index is 2.38. The molecule has 1 aliphatic rings. The van der Waals surface area contributed by atoms with Crippen LogP contribution < -0.4 is 0 Å². The SMILES string of the molecule is CCOC(CN1CCC(C)C(OC)C1)OCC. The molecule has 0 bridgehead atoms. The quantitative estimate of drug-likeness (QED) is 0.639. The molecule has 0 aromatic rings. The molecule has 17 heavy (non-hydrogen) atoms. The van der Waals surface area contributed by atoms with E-state index in [4.69, 9.17) is 14.2 Å². The molecule has 0 radical (unpaired) electrons. The van der Waals surface area contributed by atoms with E-state index in [-0.39, 0.29) is 6.29 Å². The predicted molar refractivity (Wildman–Crippen MR) is 68.1 cm³/mol. The van der Waals surface area contributed by atoms with Crippen LogP contribution in [0, 0.1) is 5.92 Å². The Morgan fingerprint density at radius 3 is 2.41 bits per heavy atom. The summed E-state index contributed by atoms with van der Waals surface area (Å²) in [4.78, 5) is 2.38. The molecule has 0 saturated carbocycles. The van der Waals surface area contributed by atoms with E-state index in [2.05, 4.69) is 11.8 Å². The maximum atomic E-state index is 5.58. The minimum absolute atomic E-state index is 0.101. The van der Waals surface area contributed by atoms with E-state index in [0.29, 0.717) is 25.2 Å². The van der Waals surface area contributed by atoms with Crippen molar-refractivity contribution in [1.29, 1.82) is 0 Å². The normalized spacial score (nSPS) is 26.6. The summed E-state index contributed by atoms with van der Waals surface area (Å²) in [6.45, 7) is 10.6. The van der Waals surface area contributed by atoms with E-state index < -0.39 is 0 Å². The number of rotatable bonds is 7. The maximum absolute atomic E-state index is 5.58. The third kappa shape index (κ3) is 4.92. The van der Waals surface area contributed by atoms with Crippen LogP contribution >= 0.6 is 0 Å². The molecule has 1 fully saturated rings. The Labute approximate surface area is 105 Å². The van der Waals surface area contributed by atoms with Gasteiger partial charge in [0.25, 0.3) is 0 Å². The zero-order valence-corrected chi connectivity index (χ0v) is 11.6. The minimum Gasteiger partial charge on any atom is -0.380 e. The standard InChI is InChI=1S/C13H27NO3/c1-5-16-13(17-6-2)10-14-8-7-11(3)12(9-14)15-4/h11-13H,5-10H2,1-4H3. The van der Waals surface area contributed by atoms with Crippen LogP contribution in [0.15, 0.2) is 0 Å². The summed E-state index contributed by atoms with van der Waals surface area (Å²) in [5.74, 6) is 0.647. The van der Waals surface area contributed by atoms with Gasteiger partial charge >= 0.3 is 0 Å². The fourth-order valence-electron chi connectivity index (χ4n) is 2.31. The summed E-state index contributed by atoms with van der Waals surface area (Å²) in [5, 5.41) is 0. The van der Waals surface area contributed by atoms with E-state index in [1.54, 1.807) is 7.11 Å². The van der Waals surface area contributed by atoms with Crippen LogP contribution in [0.25, 0.3) is 0 Å². The third-order valence-electron chi connectivity index (χ3n) is 3.39. The zero-order chi connectivity index (χ0) is 12.7. The Morgan fingerprint density at radius 1 is 1.24 bits per heavy atom. The van der Waals surface area contributed by atoms with Crippen LogP contribution in [0.5, 0.6) is 0 Å². The number of hydrogen-bond acceptors (Lipinski definition) is 4. The van der Waals surface area contributed by atoms with Crippen molar-refractivity contribution in [3.05, 3.63) is 0 Å². The molecule has 0 aliphatic carbocycles. The fourth-order valence-corrected chi connectivity index (χ4v) is 2.31. The monoisotopic (exact) mass is 245 g/mol. The van der Waals surface area contributed by atoms with Gasteiger partial charge in [-0.2, -0.15) is 0 Å². The summed E-state index contributed by atoms with van der Waals surface area (Å²) >= 11 is 0. The van der Waals surface area contributed by atoms with Crippen molar-refractivity contribution in [3.8, 4) is 0 Å². The van der Waals surface area contributed by atoms with Gasteiger partial charge < -0.3 is 14.2 Å². The van der Waals surface area contributed by atoms with Gasteiger partial charge in [0.15, 0.2) is 6.29 Å². The second-order valence-electron chi connectivity index (χ2n) is 4.64. The summed E-state index contributed by atoms with van der Waals surface area (Å²) < 4.78 is 16.7. The molecule has 2 unspecified atom stereocenters. The molecule has 1 aliphatic heterocycles. The first-order valence-electron chi connectivity index (χ1n) is 6.69. The van der Waals surface area contributed by atoms with Crippen LogP contribution in [0.4, 0.5) is 0 Å². The maximum Gasteiger partial charge on any atom is 0.170 e. The van der Waals surface area contributed by atoms with Crippen molar-refractivity contribution < 1.29 is 14.2 Å². The van der Waals surface area contributed by atoms with Crippen LogP contribution in [0.3, 0.4) is 0 Å². The van der Waals surface area contributed by atoms with Gasteiger partial charge in [0.2, 0.25) is 0 Å². The molecule has 2 atom stereocenters. The molecular formula is C13H27NO3. The van der Waals surface area contributed by atoms with Gasteiger partial charge in [-0.25, -0.2) is 0 Å². The molecule has 4 nitrogen and oxygen atoms in total. The molecule has 102 valence electrons. The first-order chi connectivity index (χ1) is 8.21. The Bertz CT molecular complexity index is 195. The second kappa shape index (κ2) is 8.03. The Kier molecular flexibility index (Phi) is 7.04. The lowest BCUT2D eigenvalue weighted by molar-refractivity contribution is -0.153. The van der Waals surface area contributed by atoms with Crippen LogP contribution in [0.2, 0.25) is 0 Å². The zero-order valence-electron chi connectivity index (χ0n) is 11.6. The van der Waals surface area contributed by atoms with E-state index in [9.17, 15) is 0 Å². The third-order valence-corrected chi connectivity index (χ3v) is 3.39. The van der Waals surface area contributed by atoms with Crippen molar-refractivity contribution in [2.45, 2.75) is 39.6 Å². The molecule has 1 rings (SSSR count). The van der Waals surface area contributed by atoms with Gasteiger partial charge in [0, 0.05) is 33.4 Å². The van der Waals surface area contributed by atoms with Crippen LogP contribution in [-0.4, -0.2) is 57.3 Å². The summed E-state index contributed by atoms with van der Waals surface area (Å²) in [6.07, 6.45) is 1.42. The largest absolute Gasteiger partial charge is 0.380 e. The number of methoxy groups -OCH3 is 1. The lowest BCUT2D eigenvalue weighted by Gasteiger charge is -2.37. The lowest BCUT2D eigenvalue weighted by Crippen LogP contribution is -2.47. The van der Waals surface area contributed by atoms with E-state index in [1.165, 1.54) is 6.42 Å². The lowest BCUT2D eigenvalue weighted by atomic mass is 9.96. The van der Waals surface area contributed by atoms with Gasteiger partial charge in [-0.05, 0) is 32.7 Å². The highest BCUT2D eigenvalue weighted by Crippen LogP contribution is 2.19. The number of nitrogens with zero attached hydrogens (tertiary/aromatic N) is 1. The van der Waals surface area contributed by atoms with Gasteiger partial charge in [-0.3, -0.25) is 4.90 Å². The van der Waals surface area contributed by atoms with E-state index in [0.717, 1.165) is 19.6 Å². The van der Waals surface area contributed by atoms with Crippen molar-refractivity contribution >= 4 is 0 Å². The van der Waals surface area contributed by atoms with Crippen LogP contribution in [-0.2, 0) is 14.2 Å². The highest BCUT2D eigenvalue weighted by molar-refractivity contribution is 4.78. The fraction of sp³-hybridized carbons (Fsp3) is 1.00. The average Bonchev–Trinajstić information content (AvgIpc) is 2.32. The summed E-state index contributed by atoms with van der Waals surface area (Å²) in [6, 6.07) is 0. The summed E-state index contributed by atoms with van der Waals surface area (Å²) in [5.41, 5.74) is 0. The average molecular weight is 245 g/mol. The number of ether oxygens (including phenoxy) is 3. The molecule has 4 heteroatoms. The minimum atomic E-state index is -0.101. The van der Waals surface area contributed by atoms with Crippen molar-refractivity contribution in [2.75, 3.05) is 40.0 Å². The summed E-state index contributed by atoms with van der Waals surface area (Å²) in [7, 11) is 1.80. The van der Waals surface area contributed by atoms with Crippen LogP contribution in [0.1, 0.15) is 27.2 Å². The Morgan fingerprint density at radius 2 is 1.88 bits per heavy atom. The molecule has 0 aromatic heterocycles. The highest BCUT2D eigenvalue weighted by Gasteiger charge is 2.27. The predicted octanol–water partition coefficient (Wildman–Crippen LogP) is 1.74. The second-order valence-corrected chi connectivity index (χ2v) is 4.64. The number of likely N-dealkylation sites (tertiary alicyclic amines) is 1. The molecule has 0 spiro atoms. The molecule has 0 aromatic carbocycles. The first kappa shape index (κ1) is 14.9. The van der Waals surface area contributed by atoms with Crippen molar-refractivity contribution in [1.82, 2.24) is 4.90 Å². The van der Waals surface area contributed by atoms with E-state index in [1.807, 2.05) is 13.8 Å². The van der Waals surface area contributed by atoms with E-state index >= 15 is 0 Å². The van der Waals surface area contributed by atoms with Gasteiger partial charge in [0.05, 0.1) is 6.10 Å². The van der Waals surface area contributed by atoms with Crippen molar-refractivity contribution in [3.63, 3.8) is 0 Å².